The molecule has 4 N–H and O–H groups in total. The Kier molecular flexibility index (Phi) is 4.04. The van der Waals surface area contributed by atoms with E-state index in [-0.39, 0.29) is 10.2 Å². The lowest BCUT2D eigenvalue weighted by Gasteiger charge is -2.13. The summed E-state index contributed by atoms with van der Waals surface area (Å²) in [6, 6.07) is 5.38. The molecular formula is C14H15ClN6O2S. The van der Waals surface area contributed by atoms with E-state index in [9.17, 15) is 8.42 Å². The van der Waals surface area contributed by atoms with E-state index >= 15 is 0 Å². The molecule has 126 valence electrons. The van der Waals surface area contributed by atoms with E-state index in [1.165, 1.54) is 12.1 Å². The zero-order valence-corrected chi connectivity index (χ0v) is 14.5. The average molecular weight is 367 g/mol. The normalized spacial score (nSPS) is 13.4. The third kappa shape index (κ3) is 2.86. The first-order valence-corrected chi connectivity index (χ1v) is 8.86. The maximum absolute atomic E-state index is 11.3. The minimum Gasteiger partial charge on any atom is -0.319 e. The smallest absolute Gasteiger partial charge is 0.238 e. The number of halogens is 1. The number of rotatable bonds is 3. The first-order valence-electron chi connectivity index (χ1n) is 6.93. The highest BCUT2D eigenvalue weighted by Crippen LogP contribution is 2.28. The molecule has 8 nitrogen and oxygen atoms in total. The van der Waals surface area contributed by atoms with E-state index in [1.807, 2.05) is 6.92 Å². The monoisotopic (exact) mass is 366 g/mol. The number of hydrogen-bond donors (Lipinski definition) is 2. The van der Waals surface area contributed by atoms with Gasteiger partial charge in [0.25, 0.3) is 0 Å². The van der Waals surface area contributed by atoms with Crippen LogP contribution in [0.25, 0.3) is 11.0 Å². The molecule has 0 saturated carbocycles. The van der Waals surface area contributed by atoms with Crippen LogP contribution >= 0.6 is 11.6 Å². The Morgan fingerprint density at radius 2 is 1.83 bits per heavy atom. The van der Waals surface area contributed by atoms with Gasteiger partial charge in [-0.15, -0.1) is 0 Å². The van der Waals surface area contributed by atoms with Crippen molar-refractivity contribution >= 4 is 32.7 Å². The minimum absolute atomic E-state index is 0.0156. The first kappa shape index (κ1) is 16.8. The summed E-state index contributed by atoms with van der Waals surface area (Å²) in [6.07, 6.45) is 0. The van der Waals surface area contributed by atoms with Crippen molar-refractivity contribution in [3.63, 3.8) is 0 Å². The topological polar surface area (TPSA) is 130 Å². The fraction of sp³-hybridized carbons (Fsp3) is 0.214. The quantitative estimate of drug-likeness (QED) is 0.665. The highest BCUT2D eigenvalue weighted by Gasteiger charge is 2.21. The van der Waals surface area contributed by atoms with E-state index in [1.54, 1.807) is 23.9 Å². The molecular weight excluding hydrogens is 352 g/mol. The minimum atomic E-state index is -3.76. The zero-order chi connectivity index (χ0) is 17.6. The van der Waals surface area contributed by atoms with Gasteiger partial charge >= 0.3 is 0 Å². The Labute approximate surface area is 143 Å². The first-order chi connectivity index (χ1) is 11.2. The van der Waals surface area contributed by atoms with Crippen molar-refractivity contribution in [1.29, 1.82) is 0 Å². The molecule has 0 aliphatic heterocycles. The zero-order valence-electron chi connectivity index (χ0n) is 12.9. The number of primary sulfonamides is 1. The SMILES string of the molecule is Cc1nn(C)c2nc(Cl)nc(C(N)c3ccc(S(N)(=O)=O)cc3)c12. The van der Waals surface area contributed by atoms with Gasteiger partial charge in [-0.1, -0.05) is 12.1 Å². The molecule has 0 bridgehead atoms. The molecule has 0 amide bonds. The molecule has 0 aliphatic rings. The Morgan fingerprint density at radius 1 is 1.21 bits per heavy atom. The van der Waals surface area contributed by atoms with Crippen LogP contribution in [0.1, 0.15) is 23.0 Å². The third-order valence-corrected chi connectivity index (χ3v) is 4.82. The van der Waals surface area contributed by atoms with Crippen LogP contribution < -0.4 is 10.9 Å². The molecule has 1 unspecified atom stereocenters. The highest BCUT2D eigenvalue weighted by molar-refractivity contribution is 7.89. The molecule has 0 radical (unpaired) electrons. The van der Waals surface area contributed by atoms with Crippen molar-refractivity contribution in [3.05, 3.63) is 46.5 Å². The molecule has 24 heavy (non-hydrogen) atoms. The second-order valence-corrected chi connectivity index (χ2v) is 7.28. The van der Waals surface area contributed by atoms with E-state index in [0.29, 0.717) is 16.9 Å². The van der Waals surface area contributed by atoms with E-state index in [0.717, 1.165) is 11.1 Å². The number of sulfonamides is 1. The van der Waals surface area contributed by atoms with Crippen LogP contribution in [-0.2, 0) is 17.1 Å². The van der Waals surface area contributed by atoms with Crippen molar-refractivity contribution in [2.24, 2.45) is 17.9 Å². The van der Waals surface area contributed by atoms with E-state index < -0.39 is 16.1 Å². The Hall–Kier alpha value is -2.07. The molecule has 10 heteroatoms. The van der Waals surface area contributed by atoms with Crippen molar-refractivity contribution in [2.45, 2.75) is 17.9 Å². The lowest BCUT2D eigenvalue weighted by molar-refractivity contribution is 0.597. The van der Waals surface area contributed by atoms with Crippen molar-refractivity contribution < 1.29 is 8.42 Å². The molecule has 1 atom stereocenters. The van der Waals surface area contributed by atoms with Crippen LogP contribution in [0.3, 0.4) is 0 Å². The van der Waals surface area contributed by atoms with Gasteiger partial charge in [0.1, 0.15) is 0 Å². The van der Waals surface area contributed by atoms with Crippen LogP contribution in [-0.4, -0.2) is 28.2 Å². The number of nitrogens with two attached hydrogens (primary N) is 2. The Morgan fingerprint density at radius 3 is 2.42 bits per heavy atom. The van der Waals surface area contributed by atoms with E-state index in [2.05, 4.69) is 15.1 Å². The summed E-state index contributed by atoms with van der Waals surface area (Å²) in [7, 11) is -2.00. The summed E-state index contributed by atoms with van der Waals surface area (Å²) in [4.78, 5) is 8.45. The molecule has 2 aromatic heterocycles. The fourth-order valence-electron chi connectivity index (χ4n) is 2.59. The van der Waals surface area contributed by atoms with Crippen molar-refractivity contribution in [1.82, 2.24) is 19.7 Å². The van der Waals surface area contributed by atoms with Gasteiger partial charge in [0.2, 0.25) is 15.3 Å². The van der Waals surface area contributed by atoms with Crippen molar-refractivity contribution in [3.8, 4) is 0 Å². The van der Waals surface area contributed by atoms with Gasteiger partial charge in [-0.25, -0.2) is 18.5 Å². The molecule has 0 fully saturated rings. The van der Waals surface area contributed by atoms with Gasteiger partial charge in [0.05, 0.1) is 27.7 Å². The fourth-order valence-corrected chi connectivity index (χ4v) is 3.28. The lowest BCUT2D eigenvalue weighted by Crippen LogP contribution is -2.16. The average Bonchev–Trinajstić information content (AvgIpc) is 2.79. The maximum Gasteiger partial charge on any atom is 0.238 e. The lowest BCUT2D eigenvalue weighted by atomic mass is 10.0. The van der Waals surface area contributed by atoms with Crippen LogP contribution in [0.5, 0.6) is 0 Å². The largest absolute Gasteiger partial charge is 0.319 e. The van der Waals surface area contributed by atoms with Gasteiger partial charge < -0.3 is 5.73 Å². The Bertz CT molecular complexity index is 1030. The maximum atomic E-state index is 11.3. The van der Waals surface area contributed by atoms with Crippen molar-refractivity contribution in [2.75, 3.05) is 0 Å². The van der Waals surface area contributed by atoms with Crippen LogP contribution in [0.2, 0.25) is 5.28 Å². The summed E-state index contributed by atoms with van der Waals surface area (Å²) in [5.41, 5.74) is 8.83. The van der Waals surface area contributed by atoms with Crippen LogP contribution in [0.15, 0.2) is 29.2 Å². The second kappa shape index (κ2) is 5.78. The third-order valence-electron chi connectivity index (χ3n) is 3.72. The summed E-state index contributed by atoms with van der Waals surface area (Å²) in [6.45, 7) is 1.83. The molecule has 0 aliphatic carbocycles. The second-order valence-electron chi connectivity index (χ2n) is 5.38. The molecule has 0 saturated heterocycles. The number of benzene rings is 1. The number of fused-ring (bicyclic) bond motifs is 1. The van der Waals surface area contributed by atoms with Crippen LogP contribution in [0, 0.1) is 6.92 Å². The van der Waals surface area contributed by atoms with Gasteiger partial charge in [-0.05, 0) is 36.2 Å². The van der Waals surface area contributed by atoms with Gasteiger partial charge in [-0.2, -0.15) is 10.1 Å². The predicted octanol–water partition coefficient (Wildman–Crippen LogP) is 1.02. The molecule has 3 rings (SSSR count). The Balaban J connectivity index is 2.13. The number of aromatic nitrogens is 4. The number of nitrogens with zero attached hydrogens (tertiary/aromatic N) is 4. The molecule has 3 aromatic rings. The molecule has 1 aromatic carbocycles. The summed E-state index contributed by atoms with van der Waals surface area (Å²) in [5.74, 6) is 0. The summed E-state index contributed by atoms with van der Waals surface area (Å²) < 4.78 is 24.3. The molecule has 2 heterocycles. The van der Waals surface area contributed by atoms with Gasteiger partial charge in [-0.3, -0.25) is 4.68 Å². The standard InChI is InChI=1S/C14H15ClN6O2S/c1-7-10-12(18-14(15)19-13(10)21(2)20-7)11(16)8-3-5-9(6-4-8)24(17,22)23/h3-6,11H,16H2,1-2H3,(H2,17,22,23). The molecule has 0 spiro atoms. The highest BCUT2D eigenvalue weighted by atomic mass is 35.5. The summed E-state index contributed by atoms with van der Waals surface area (Å²) >= 11 is 6.01. The van der Waals surface area contributed by atoms with Gasteiger partial charge in [0.15, 0.2) is 5.65 Å². The van der Waals surface area contributed by atoms with Crippen LogP contribution in [0.4, 0.5) is 0 Å². The number of aryl methyl sites for hydroxylation is 2. The van der Waals surface area contributed by atoms with E-state index in [4.69, 9.17) is 22.5 Å². The predicted molar refractivity (Wildman–Crippen MR) is 89.9 cm³/mol. The number of hydrogen-bond acceptors (Lipinski definition) is 6. The van der Waals surface area contributed by atoms with Gasteiger partial charge in [0, 0.05) is 7.05 Å². The summed E-state index contributed by atoms with van der Waals surface area (Å²) in [5, 5.41) is 10.2.